The fourth-order valence-corrected chi connectivity index (χ4v) is 3.01. The molecule has 0 saturated heterocycles. The Morgan fingerprint density at radius 1 is 0.714 bits per heavy atom. The van der Waals surface area contributed by atoms with Crippen LogP contribution in [0.2, 0.25) is 0 Å². The van der Waals surface area contributed by atoms with Crippen LogP contribution in [-0.2, 0) is 9.59 Å². The molecular weight excluding hydrogens is 348 g/mol. The van der Waals surface area contributed by atoms with Crippen LogP contribution in [0.25, 0.3) is 0 Å². The van der Waals surface area contributed by atoms with Crippen LogP contribution in [-0.4, -0.2) is 23.9 Å². The highest BCUT2D eigenvalue weighted by Gasteiger charge is 2.33. The molecule has 28 heavy (non-hydrogen) atoms. The van der Waals surface area contributed by atoms with Crippen molar-refractivity contribution in [2.24, 2.45) is 10.8 Å². The first-order chi connectivity index (χ1) is 12.8. The van der Waals surface area contributed by atoms with Gasteiger partial charge in [0.25, 0.3) is 0 Å². The van der Waals surface area contributed by atoms with Crippen LogP contribution in [0.1, 0.15) is 82.1 Å². The van der Waals surface area contributed by atoms with E-state index in [-0.39, 0.29) is 23.9 Å². The summed E-state index contributed by atoms with van der Waals surface area (Å²) in [5, 5.41) is 0. The molecule has 2 amide bonds. The summed E-state index contributed by atoms with van der Waals surface area (Å²) in [7, 11) is 0. The summed E-state index contributed by atoms with van der Waals surface area (Å²) >= 11 is 0. The number of hydrogen-bond donors (Lipinski definition) is 0. The predicted molar refractivity (Wildman–Crippen MR) is 120 cm³/mol. The van der Waals surface area contributed by atoms with Crippen molar-refractivity contribution in [1.29, 1.82) is 0 Å². The summed E-state index contributed by atoms with van der Waals surface area (Å²) in [5.41, 5.74) is 0.857. The van der Waals surface area contributed by atoms with Gasteiger partial charge in [-0.25, -0.2) is 0 Å². The SMILES string of the molecule is CCC(C)N(C(=O)C(C)(C)C)c1ccc(N(C(=O)C(C)(C)C)C(C)CC)cc1. The molecule has 2 unspecified atom stereocenters. The average Bonchev–Trinajstić information content (AvgIpc) is 2.61. The standard InChI is InChI=1S/C24H40N2O2/c1-11-17(3)25(21(27)23(5,6)7)19-13-15-20(16-14-19)26(18(4)12-2)22(28)24(8,9)10/h13-18H,11-12H2,1-10H3. The van der Waals surface area contributed by atoms with E-state index in [0.29, 0.717) is 0 Å². The van der Waals surface area contributed by atoms with E-state index in [2.05, 4.69) is 27.7 Å². The van der Waals surface area contributed by atoms with Gasteiger partial charge in [-0.05, 0) is 51.0 Å². The first-order valence-corrected chi connectivity index (χ1v) is 10.5. The molecule has 1 rings (SSSR count). The smallest absolute Gasteiger partial charge is 0.232 e. The van der Waals surface area contributed by atoms with Gasteiger partial charge < -0.3 is 9.80 Å². The van der Waals surface area contributed by atoms with Gasteiger partial charge in [0.05, 0.1) is 0 Å². The Labute approximate surface area is 172 Å². The van der Waals surface area contributed by atoms with Crippen molar-refractivity contribution in [3.8, 4) is 0 Å². The maximum Gasteiger partial charge on any atom is 0.232 e. The molecule has 1 aromatic carbocycles. The van der Waals surface area contributed by atoms with E-state index in [0.717, 1.165) is 24.2 Å². The molecule has 2 atom stereocenters. The summed E-state index contributed by atoms with van der Waals surface area (Å²) in [6, 6.07) is 8.10. The molecule has 0 spiro atoms. The molecule has 0 N–H and O–H groups in total. The normalized spacial score (nSPS) is 14.4. The third-order valence-corrected chi connectivity index (χ3v) is 5.19. The second kappa shape index (κ2) is 9.11. The molecule has 0 heterocycles. The molecule has 0 saturated carbocycles. The Morgan fingerprint density at radius 3 is 1.14 bits per heavy atom. The highest BCUT2D eigenvalue weighted by molar-refractivity contribution is 5.99. The quantitative estimate of drug-likeness (QED) is 0.596. The average molecular weight is 389 g/mol. The molecule has 0 radical (unpaired) electrons. The zero-order valence-electron chi connectivity index (χ0n) is 19.6. The third kappa shape index (κ3) is 5.59. The summed E-state index contributed by atoms with van der Waals surface area (Å²) in [6.07, 6.45) is 1.76. The van der Waals surface area contributed by atoms with E-state index < -0.39 is 10.8 Å². The van der Waals surface area contributed by atoms with Gasteiger partial charge in [0, 0.05) is 34.3 Å². The van der Waals surface area contributed by atoms with Crippen LogP contribution < -0.4 is 9.80 Å². The van der Waals surface area contributed by atoms with Crippen molar-refractivity contribution in [2.45, 2.75) is 94.2 Å². The molecular formula is C24H40N2O2. The lowest BCUT2D eigenvalue weighted by molar-refractivity contribution is -0.127. The molecule has 0 aromatic heterocycles. The first-order valence-electron chi connectivity index (χ1n) is 10.5. The maximum absolute atomic E-state index is 13.0. The van der Waals surface area contributed by atoms with E-state index >= 15 is 0 Å². The maximum atomic E-state index is 13.0. The van der Waals surface area contributed by atoms with E-state index in [1.807, 2.05) is 75.6 Å². The van der Waals surface area contributed by atoms with Gasteiger partial charge >= 0.3 is 0 Å². The van der Waals surface area contributed by atoms with Crippen LogP contribution in [0.15, 0.2) is 24.3 Å². The van der Waals surface area contributed by atoms with E-state index in [1.165, 1.54) is 0 Å². The van der Waals surface area contributed by atoms with Gasteiger partial charge in [0.15, 0.2) is 0 Å². The number of anilines is 2. The summed E-state index contributed by atoms with van der Waals surface area (Å²) in [6.45, 7) is 20.0. The molecule has 0 aliphatic rings. The second-order valence-corrected chi connectivity index (χ2v) is 9.88. The van der Waals surface area contributed by atoms with Gasteiger partial charge in [0.2, 0.25) is 11.8 Å². The molecule has 0 aliphatic heterocycles. The van der Waals surface area contributed by atoms with Crippen molar-refractivity contribution in [3.05, 3.63) is 24.3 Å². The lowest BCUT2D eigenvalue weighted by Crippen LogP contribution is -2.45. The highest BCUT2D eigenvalue weighted by Crippen LogP contribution is 2.31. The number of hydrogen-bond acceptors (Lipinski definition) is 2. The van der Waals surface area contributed by atoms with Crippen LogP contribution in [0.4, 0.5) is 11.4 Å². The molecule has 0 aliphatic carbocycles. The van der Waals surface area contributed by atoms with Gasteiger partial charge in [-0.3, -0.25) is 9.59 Å². The van der Waals surface area contributed by atoms with Crippen LogP contribution in [0.5, 0.6) is 0 Å². The Kier molecular flexibility index (Phi) is 7.87. The number of carbonyl (C=O) groups is 2. The summed E-state index contributed by atoms with van der Waals surface area (Å²) in [5.74, 6) is 0.221. The van der Waals surface area contributed by atoms with Crippen molar-refractivity contribution < 1.29 is 9.59 Å². The molecule has 0 fully saturated rings. The third-order valence-electron chi connectivity index (χ3n) is 5.19. The molecule has 1 aromatic rings. The second-order valence-electron chi connectivity index (χ2n) is 9.88. The number of rotatable bonds is 6. The highest BCUT2D eigenvalue weighted by atomic mass is 16.2. The Balaban J connectivity index is 3.35. The van der Waals surface area contributed by atoms with Crippen LogP contribution in [0, 0.1) is 10.8 Å². The van der Waals surface area contributed by atoms with Crippen molar-refractivity contribution in [2.75, 3.05) is 9.80 Å². The molecule has 158 valence electrons. The van der Waals surface area contributed by atoms with Gasteiger partial charge in [0.1, 0.15) is 0 Å². The Morgan fingerprint density at radius 2 is 0.964 bits per heavy atom. The van der Waals surface area contributed by atoms with Gasteiger partial charge in [-0.1, -0.05) is 55.4 Å². The zero-order valence-corrected chi connectivity index (χ0v) is 19.6. The lowest BCUT2D eigenvalue weighted by atomic mass is 9.92. The van der Waals surface area contributed by atoms with Crippen molar-refractivity contribution >= 4 is 23.2 Å². The van der Waals surface area contributed by atoms with E-state index in [4.69, 9.17) is 0 Å². The summed E-state index contributed by atoms with van der Waals surface area (Å²) < 4.78 is 0. The molecule has 0 bridgehead atoms. The monoisotopic (exact) mass is 388 g/mol. The summed E-state index contributed by atoms with van der Waals surface area (Å²) in [4.78, 5) is 29.9. The number of nitrogens with zero attached hydrogens (tertiary/aromatic N) is 2. The van der Waals surface area contributed by atoms with Crippen LogP contribution >= 0.6 is 0 Å². The fraction of sp³-hybridized carbons (Fsp3) is 0.667. The minimum absolute atomic E-state index is 0.110. The molecule has 4 heteroatoms. The van der Waals surface area contributed by atoms with Crippen molar-refractivity contribution in [3.63, 3.8) is 0 Å². The fourth-order valence-electron chi connectivity index (χ4n) is 3.01. The minimum atomic E-state index is -0.451. The topological polar surface area (TPSA) is 40.6 Å². The van der Waals surface area contributed by atoms with Gasteiger partial charge in [-0.15, -0.1) is 0 Å². The predicted octanol–water partition coefficient (Wildman–Crippen LogP) is 6.04. The van der Waals surface area contributed by atoms with Gasteiger partial charge in [-0.2, -0.15) is 0 Å². The van der Waals surface area contributed by atoms with E-state index in [1.54, 1.807) is 0 Å². The van der Waals surface area contributed by atoms with Crippen molar-refractivity contribution in [1.82, 2.24) is 0 Å². The largest absolute Gasteiger partial charge is 0.309 e. The number of amides is 2. The van der Waals surface area contributed by atoms with E-state index in [9.17, 15) is 9.59 Å². The number of carbonyl (C=O) groups excluding carboxylic acids is 2. The Hall–Kier alpha value is -1.84. The minimum Gasteiger partial charge on any atom is -0.309 e. The zero-order chi connectivity index (χ0) is 21.9. The first kappa shape index (κ1) is 24.2. The number of benzene rings is 1. The Bertz CT molecular complexity index is 606. The lowest BCUT2D eigenvalue weighted by Gasteiger charge is -2.36. The molecule has 4 nitrogen and oxygen atoms in total. The van der Waals surface area contributed by atoms with Crippen LogP contribution in [0.3, 0.4) is 0 Å².